The number of aromatic nitrogens is 2. The van der Waals surface area contributed by atoms with Gasteiger partial charge in [-0.2, -0.15) is 10.4 Å². The normalized spacial score (nSPS) is 10.8. The average molecular weight is 365 g/mol. The maximum Gasteiger partial charge on any atom is 0.267 e. The van der Waals surface area contributed by atoms with E-state index in [1.54, 1.807) is 42.6 Å². The Morgan fingerprint density at radius 1 is 0.964 bits per heavy atom. The predicted octanol–water partition coefficient (Wildman–Crippen LogP) is 3.70. The van der Waals surface area contributed by atoms with Gasteiger partial charge in [-0.1, -0.05) is 42.5 Å². The number of hydrazone groups is 1. The first-order valence-electron chi connectivity index (χ1n) is 8.63. The largest absolute Gasteiger partial charge is 0.268 e. The molecule has 0 fully saturated rings. The number of nitriles is 1. The topological polar surface area (TPSA) is 83.1 Å². The SMILES string of the molecule is N#Cc1ccc(/C=N\Nc2nc3ccccc3c(=O)n2-c2ccccc2)cc1. The standard InChI is InChI=1S/C22H15N5O/c23-14-16-10-12-17(13-11-16)15-24-26-22-25-20-9-5-4-8-19(20)21(28)27(22)18-6-2-1-3-7-18/h1-13,15H,(H,25,26)/b24-15-. The van der Waals surface area contributed by atoms with Crippen LogP contribution in [0.5, 0.6) is 0 Å². The average Bonchev–Trinajstić information content (AvgIpc) is 2.75. The Kier molecular flexibility index (Phi) is 4.64. The van der Waals surface area contributed by atoms with Gasteiger partial charge in [-0.25, -0.2) is 15.0 Å². The molecular weight excluding hydrogens is 350 g/mol. The molecule has 1 heterocycles. The highest BCUT2D eigenvalue weighted by molar-refractivity contribution is 5.81. The van der Waals surface area contributed by atoms with Crippen molar-refractivity contribution in [2.24, 2.45) is 5.10 Å². The summed E-state index contributed by atoms with van der Waals surface area (Å²) in [6.45, 7) is 0. The maximum absolute atomic E-state index is 13.1. The molecule has 134 valence electrons. The molecular formula is C22H15N5O. The van der Waals surface area contributed by atoms with Crippen molar-refractivity contribution in [2.75, 3.05) is 5.43 Å². The molecule has 6 heteroatoms. The third-order valence-electron chi connectivity index (χ3n) is 4.21. The minimum Gasteiger partial charge on any atom is -0.268 e. The molecule has 0 saturated heterocycles. The highest BCUT2D eigenvalue weighted by Gasteiger charge is 2.11. The van der Waals surface area contributed by atoms with E-state index in [1.165, 1.54) is 4.57 Å². The van der Waals surface area contributed by atoms with Crippen molar-refractivity contribution in [2.45, 2.75) is 0 Å². The zero-order chi connectivity index (χ0) is 19.3. The van der Waals surface area contributed by atoms with Crippen LogP contribution < -0.4 is 11.0 Å². The Hall–Kier alpha value is -4.24. The maximum atomic E-state index is 13.1. The number of benzene rings is 3. The summed E-state index contributed by atoms with van der Waals surface area (Å²) < 4.78 is 1.50. The lowest BCUT2D eigenvalue weighted by Crippen LogP contribution is -2.22. The van der Waals surface area contributed by atoms with Crippen molar-refractivity contribution in [1.29, 1.82) is 5.26 Å². The van der Waals surface area contributed by atoms with Gasteiger partial charge >= 0.3 is 0 Å². The lowest BCUT2D eigenvalue weighted by molar-refractivity contribution is 0.956. The molecule has 0 unspecified atom stereocenters. The van der Waals surface area contributed by atoms with Crippen molar-refractivity contribution in [3.8, 4) is 11.8 Å². The van der Waals surface area contributed by atoms with Gasteiger partial charge in [0.15, 0.2) is 0 Å². The first kappa shape index (κ1) is 17.2. The molecule has 4 rings (SSSR count). The van der Waals surface area contributed by atoms with Gasteiger partial charge in [0.2, 0.25) is 5.95 Å². The molecule has 0 spiro atoms. The third kappa shape index (κ3) is 3.37. The second-order valence-electron chi connectivity index (χ2n) is 6.03. The number of rotatable bonds is 4. The van der Waals surface area contributed by atoms with E-state index in [9.17, 15) is 4.79 Å². The quantitative estimate of drug-likeness (QED) is 0.441. The van der Waals surface area contributed by atoms with Crippen LogP contribution in [-0.2, 0) is 0 Å². The highest BCUT2D eigenvalue weighted by atomic mass is 16.1. The van der Waals surface area contributed by atoms with Gasteiger partial charge in [-0.3, -0.25) is 4.79 Å². The van der Waals surface area contributed by atoms with E-state index in [2.05, 4.69) is 21.6 Å². The fourth-order valence-electron chi connectivity index (χ4n) is 2.83. The summed E-state index contributed by atoms with van der Waals surface area (Å²) >= 11 is 0. The lowest BCUT2D eigenvalue weighted by Gasteiger charge is -2.12. The van der Waals surface area contributed by atoms with Crippen LogP contribution in [0.25, 0.3) is 16.6 Å². The molecule has 0 aliphatic rings. The van der Waals surface area contributed by atoms with Crippen molar-refractivity contribution < 1.29 is 0 Å². The minimum atomic E-state index is -0.173. The van der Waals surface area contributed by atoms with E-state index < -0.39 is 0 Å². The van der Waals surface area contributed by atoms with Gasteiger partial charge in [-0.05, 0) is 42.0 Å². The summed E-state index contributed by atoms with van der Waals surface area (Å²) in [5.74, 6) is 0.319. The van der Waals surface area contributed by atoms with Gasteiger partial charge in [0.25, 0.3) is 5.56 Å². The number of anilines is 1. The Bertz CT molecular complexity index is 1250. The molecule has 4 aromatic rings. The molecule has 0 atom stereocenters. The van der Waals surface area contributed by atoms with Crippen LogP contribution in [0, 0.1) is 11.3 Å². The van der Waals surface area contributed by atoms with E-state index in [-0.39, 0.29) is 5.56 Å². The van der Waals surface area contributed by atoms with Gasteiger partial charge in [0.05, 0.1) is 34.4 Å². The lowest BCUT2D eigenvalue weighted by atomic mass is 10.2. The van der Waals surface area contributed by atoms with Gasteiger partial charge in [-0.15, -0.1) is 0 Å². The molecule has 0 radical (unpaired) electrons. The molecule has 0 aliphatic carbocycles. The number of hydrogen-bond donors (Lipinski definition) is 1. The van der Waals surface area contributed by atoms with Crippen LogP contribution in [0.4, 0.5) is 5.95 Å². The Balaban J connectivity index is 1.76. The van der Waals surface area contributed by atoms with Crippen LogP contribution in [-0.4, -0.2) is 15.8 Å². The van der Waals surface area contributed by atoms with Crippen molar-refractivity contribution >= 4 is 23.1 Å². The number of hydrogen-bond acceptors (Lipinski definition) is 5. The molecule has 0 aliphatic heterocycles. The summed E-state index contributed by atoms with van der Waals surface area (Å²) in [5.41, 5.74) is 5.40. The Labute approximate surface area is 161 Å². The van der Waals surface area contributed by atoms with E-state index in [4.69, 9.17) is 5.26 Å². The molecule has 28 heavy (non-hydrogen) atoms. The van der Waals surface area contributed by atoms with E-state index >= 15 is 0 Å². The highest BCUT2D eigenvalue weighted by Crippen LogP contribution is 2.16. The minimum absolute atomic E-state index is 0.173. The van der Waals surface area contributed by atoms with E-state index in [0.29, 0.717) is 28.1 Å². The van der Waals surface area contributed by atoms with Crippen molar-refractivity contribution in [3.63, 3.8) is 0 Å². The number of nitrogens with zero attached hydrogens (tertiary/aromatic N) is 4. The first-order valence-corrected chi connectivity index (χ1v) is 8.63. The molecule has 0 amide bonds. The number of para-hydroxylation sites is 2. The van der Waals surface area contributed by atoms with Crippen LogP contribution in [0.15, 0.2) is 88.8 Å². The smallest absolute Gasteiger partial charge is 0.267 e. The zero-order valence-electron chi connectivity index (χ0n) is 14.8. The third-order valence-corrected chi connectivity index (χ3v) is 4.21. The van der Waals surface area contributed by atoms with Crippen LogP contribution in [0.3, 0.4) is 0 Å². The van der Waals surface area contributed by atoms with Crippen molar-refractivity contribution in [1.82, 2.24) is 9.55 Å². The van der Waals surface area contributed by atoms with E-state index in [1.807, 2.05) is 42.5 Å². The zero-order valence-corrected chi connectivity index (χ0v) is 14.8. The number of fused-ring (bicyclic) bond motifs is 1. The summed E-state index contributed by atoms with van der Waals surface area (Å²) in [5, 5.41) is 13.6. The van der Waals surface area contributed by atoms with E-state index in [0.717, 1.165) is 5.56 Å². The molecule has 0 bridgehead atoms. The van der Waals surface area contributed by atoms with Gasteiger partial charge in [0.1, 0.15) is 0 Å². The first-order chi connectivity index (χ1) is 13.8. The second kappa shape index (κ2) is 7.56. The Morgan fingerprint density at radius 3 is 2.43 bits per heavy atom. The molecule has 3 aromatic carbocycles. The summed E-state index contributed by atoms with van der Waals surface area (Å²) in [7, 11) is 0. The molecule has 6 nitrogen and oxygen atoms in total. The van der Waals surface area contributed by atoms with Gasteiger partial charge < -0.3 is 0 Å². The number of nitrogens with one attached hydrogen (secondary N) is 1. The fraction of sp³-hybridized carbons (Fsp3) is 0. The van der Waals surface area contributed by atoms with Crippen LogP contribution >= 0.6 is 0 Å². The summed E-state index contributed by atoms with van der Waals surface area (Å²) in [6.07, 6.45) is 1.61. The summed E-state index contributed by atoms with van der Waals surface area (Å²) in [4.78, 5) is 17.6. The van der Waals surface area contributed by atoms with Crippen molar-refractivity contribution in [3.05, 3.63) is 100 Å². The molecule has 1 N–H and O–H groups in total. The second-order valence-corrected chi connectivity index (χ2v) is 6.03. The van der Waals surface area contributed by atoms with Crippen LogP contribution in [0.1, 0.15) is 11.1 Å². The van der Waals surface area contributed by atoms with Gasteiger partial charge in [0, 0.05) is 0 Å². The fourth-order valence-corrected chi connectivity index (χ4v) is 2.83. The van der Waals surface area contributed by atoms with Crippen LogP contribution in [0.2, 0.25) is 0 Å². The predicted molar refractivity (Wildman–Crippen MR) is 110 cm³/mol. The monoisotopic (exact) mass is 365 g/mol. The Morgan fingerprint density at radius 2 is 1.68 bits per heavy atom. The molecule has 1 aromatic heterocycles. The molecule has 0 saturated carbocycles. The summed E-state index contributed by atoms with van der Waals surface area (Å²) in [6, 6.07) is 25.6.